The molecule has 1 unspecified atom stereocenters. The molecule has 5 heteroatoms. The molecular weight excluding hydrogens is 305 g/mol. The third-order valence-electron chi connectivity index (χ3n) is 3.20. The molecule has 0 aliphatic carbocycles. The second kappa shape index (κ2) is 12.6. The van der Waals surface area contributed by atoms with Gasteiger partial charge in [-0.15, -0.1) is 0 Å². The zero-order valence-electron chi connectivity index (χ0n) is 13.9. The van der Waals surface area contributed by atoms with Gasteiger partial charge < -0.3 is 14.8 Å². The molecule has 126 valence electrons. The molecule has 1 atom stereocenters. The van der Waals surface area contributed by atoms with Crippen molar-refractivity contribution in [3.8, 4) is 0 Å². The van der Waals surface area contributed by atoms with Crippen LogP contribution < -0.4 is 5.32 Å². The Morgan fingerprint density at radius 2 is 2.09 bits per heavy atom. The van der Waals surface area contributed by atoms with Gasteiger partial charge in [-0.1, -0.05) is 31.5 Å². The lowest BCUT2D eigenvalue weighted by Crippen LogP contribution is -2.30. The van der Waals surface area contributed by atoms with Crippen LogP contribution in [-0.4, -0.2) is 32.6 Å². The number of aldehydes is 1. The van der Waals surface area contributed by atoms with Crippen LogP contribution in [0, 0.1) is 12.7 Å². The fourth-order valence-corrected chi connectivity index (χ4v) is 2.35. The maximum absolute atomic E-state index is 13.4. The lowest BCUT2D eigenvalue weighted by atomic mass is 10.0. The van der Waals surface area contributed by atoms with Crippen LogP contribution in [0.25, 0.3) is 0 Å². The topological polar surface area (TPSA) is 38.3 Å². The largest absolute Gasteiger partial charge is 0.372 e. The summed E-state index contributed by atoms with van der Waals surface area (Å²) < 4.78 is 18.6. The van der Waals surface area contributed by atoms with Crippen molar-refractivity contribution in [2.24, 2.45) is 0 Å². The average molecular weight is 332 g/mol. The normalized spacial score (nSPS) is 11.5. The molecule has 1 aromatic carbocycles. The van der Waals surface area contributed by atoms with Gasteiger partial charge >= 0.3 is 0 Å². The molecule has 0 spiro atoms. The van der Waals surface area contributed by atoms with Crippen molar-refractivity contribution in [1.29, 1.82) is 0 Å². The first kappa shape index (κ1) is 21.0. The van der Waals surface area contributed by atoms with Gasteiger partial charge in [-0.25, -0.2) is 4.39 Å². The molecule has 1 rings (SSSR count). The molecule has 3 nitrogen and oxygen atoms in total. The summed E-state index contributed by atoms with van der Waals surface area (Å²) in [5.41, 5.74) is 1.62. The highest BCUT2D eigenvalue weighted by Gasteiger charge is 2.08. The molecule has 1 N–H and O–H groups in total. The van der Waals surface area contributed by atoms with Gasteiger partial charge in [-0.05, 0) is 50.4 Å². The van der Waals surface area contributed by atoms with E-state index in [0.717, 1.165) is 31.1 Å². The van der Waals surface area contributed by atoms with E-state index in [1.807, 2.05) is 27.0 Å². The van der Waals surface area contributed by atoms with E-state index >= 15 is 0 Å². The molecule has 0 bridgehead atoms. The third kappa shape index (κ3) is 7.87. The Kier molecular flexibility index (Phi) is 12.0. The smallest absolute Gasteiger partial charge is 0.145 e. The summed E-state index contributed by atoms with van der Waals surface area (Å²) in [5, 5.41) is 3.33. The highest BCUT2D eigenvalue weighted by molar-refractivity contribution is 6.30. The van der Waals surface area contributed by atoms with Crippen LogP contribution in [0.4, 0.5) is 4.39 Å². The minimum atomic E-state index is -0.342. The van der Waals surface area contributed by atoms with E-state index in [1.165, 1.54) is 0 Å². The highest BCUT2D eigenvalue weighted by atomic mass is 35.5. The Bertz CT molecular complexity index is 418. The van der Waals surface area contributed by atoms with E-state index in [2.05, 4.69) is 5.32 Å². The van der Waals surface area contributed by atoms with Crippen LogP contribution in [0.3, 0.4) is 0 Å². The number of nitrogens with one attached hydrogen (secondary N) is 1. The van der Waals surface area contributed by atoms with Crippen LogP contribution in [-0.2, 0) is 16.0 Å². The summed E-state index contributed by atoms with van der Waals surface area (Å²) in [5.74, 6) is -0.342. The van der Waals surface area contributed by atoms with Crippen molar-refractivity contribution in [3.05, 3.63) is 34.1 Å². The first-order chi connectivity index (χ1) is 10.6. The Morgan fingerprint density at radius 3 is 2.64 bits per heavy atom. The molecule has 0 radical (unpaired) electrons. The van der Waals surface area contributed by atoms with Gasteiger partial charge in [0.1, 0.15) is 18.7 Å². The number of hydrogen-bond donors (Lipinski definition) is 1. The summed E-state index contributed by atoms with van der Waals surface area (Å²) in [6, 6.07) is 3.73. The van der Waals surface area contributed by atoms with E-state index in [4.69, 9.17) is 16.3 Å². The predicted molar refractivity (Wildman–Crippen MR) is 90.2 cm³/mol. The standard InChI is InChI=1S/C15H21ClFNO2.C2H6/c1-11-8-12(9-14(16)15(11)17)4-3-5-13(18-2)10-20-7-6-19;1-2/h6,8-9,13,18H,3-5,7,10H2,1-2H3;1-2H3. The fourth-order valence-electron chi connectivity index (χ4n) is 2.06. The van der Waals surface area contributed by atoms with E-state index < -0.39 is 0 Å². The van der Waals surface area contributed by atoms with Crippen LogP contribution in [0.2, 0.25) is 5.02 Å². The predicted octanol–water partition coefficient (Wildman–Crippen LogP) is 3.94. The number of halogens is 2. The van der Waals surface area contributed by atoms with E-state index in [-0.39, 0.29) is 23.5 Å². The first-order valence-corrected chi connectivity index (χ1v) is 8.09. The zero-order chi connectivity index (χ0) is 17.0. The first-order valence-electron chi connectivity index (χ1n) is 7.71. The lowest BCUT2D eigenvalue weighted by Gasteiger charge is -2.15. The van der Waals surface area contributed by atoms with Crippen molar-refractivity contribution in [1.82, 2.24) is 5.32 Å². The number of benzene rings is 1. The third-order valence-corrected chi connectivity index (χ3v) is 3.48. The lowest BCUT2D eigenvalue weighted by molar-refractivity contribution is -0.112. The monoisotopic (exact) mass is 331 g/mol. The summed E-state index contributed by atoms with van der Waals surface area (Å²) in [7, 11) is 1.87. The molecule has 0 amide bonds. The number of likely N-dealkylation sites (N-methyl/N-ethyl adjacent to an activating group) is 1. The summed E-state index contributed by atoms with van der Waals surface area (Å²) >= 11 is 5.83. The zero-order valence-corrected chi connectivity index (χ0v) is 14.7. The second-order valence-corrected chi connectivity index (χ2v) is 5.20. The van der Waals surface area contributed by atoms with Crippen LogP contribution in [0.5, 0.6) is 0 Å². The SMILES string of the molecule is CC.CNC(CCCc1cc(C)c(F)c(Cl)c1)COCC=O. The van der Waals surface area contributed by atoms with Crippen LogP contribution in [0.15, 0.2) is 12.1 Å². The fraction of sp³-hybridized carbons (Fsp3) is 0.588. The molecule has 0 aliphatic heterocycles. The Morgan fingerprint density at radius 1 is 1.41 bits per heavy atom. The Balaban J connectivity index is 0.00000211. The van der Waals surface area contributed by atoms with Gasteiger partial charge in [0.05, 0.1) is 11.6 Å². The maximum Gasteiger partial charge on any atom is 0.145 e. The summed E-state index contributed by atoms with van der Waals surface area (Å²) in [6.07, 6.45) is 3.45. The molecular formula is C17H27ClFNO2. The van der Waals surface area contributed by atoms with Crippen LogP contribution in [0.1, 0.15) is 37.8 Å². The number of carbonyl (C=O) groups is 1. The Labute approximate surface area is 138 Å². The van der Waals surface area contributed by atoms with Crippen molar-refractivity contribution in [2.75, 3.05) is 20.3 Å². The van der Waals surface area contributed by atoms with E-state index in [9.17, 15) is 9.18 Å². The molecule has 0 aliphatic rings. The van der Waals surface area contributed by atoms with Gasteiger partial charge in [0.2, 0.25) is 0 Å². The van der Waals surface area contributed by atoms with Gasteiger partial charge in [-0.2, -0.15) is 0 Å². The average Bonchev–Trinajstić information content (AvgIpc) is 2.53. The molecule has 0 saturated heterocycles. The Hall–Kier alpha value is -0.970. The van der Waals surface area contributed by atoms with Crippen molar-refractivity contribution < 1.29 is 13.9 Å². The van der Waals surface area contributed by atoms with Gasteiger partial charge in [0.15, 0.2) is 0 Å². The second-order valence-electron chi connectivity index (χ2n) is 4.79. The van der Waals surface area contributed by atoms with Crippen molar-refractivity contribution in [2.45, 2.75) is 46.1 Å². The molecule has 0 saturated carbocycles. The maximum atomic E-state index is 13.4. The molecule has 0 heterocycles. The minimum Gasteiger partial charge on any atom is -0.372 e. The number of ether oxygens (including phenoxy) is 1. The number of hydrogen-bond acceptors (Lipinski definition) is 3. The van der Waals surface area contributed by atoms with E-state index in [1.54, 1.807) is 13.0 Å². The summed E-state index contributed by atoms with van der Waals surface area (Å²) in [4.78, 5) is 10.2. The van der Waals surface area contributed by atoms with Gasteiger partial charge in [0, 0.05) is 6.04 Å². The molecule has 22 heavy (non-hydrogen) atoms. The molecule has 0 fully saturated rings. The van der Waals surface area contributed by atoms with Gasteiger partial charge in [-0.3, -0.25) is 0 Å². The van der Waals surface area contributed by atoms with E-state index in [0.29, 0.717) is 12.2 Å². The highest BCUT2D eigenvalue weighted by Crippen LogP contribution is 2.21. The molecule has 1 aromatic rings. The number of carbonyl (C=O) groups excluding carboxylic acids is 1. The van der Waals surface area contributed by atoms with Crippen molar-refractivity contribution in [3.63, 3.8) is 0 Å². The minimum absolute atomic E-state index is 0.130. The van der Waals surface area contributed by atoms with Gasteiger partial charge in [0.25, 0.3) is 0 Å². The quantitative estimate of drug-likeness (QED) is 0.550. The number of aryl methyl sites for hydroxylation is 2. The van der Waals surface area contributed by atoms with Crippen molar-refractivity contribution >= 4 is 17.9 Å². The summed E-state index contributed by atoms with van der Waals surface area (Å²) in [6.45, 7) is 6.36. The molecule has 0 aromatic heterocycles. The van der Waals surface area contributed by atoms with Crippen LogP contribution >= 0.6 is 11.6 Å². The number of rotatable bonds is 9.